The van der Waals surface area contributed by atoms with E-state index in [0.717, 1.165) is 33.0 Å². The Morgan fingerprint density at radius 1 is 1.53 bits per heavy atom. The SMILES string of the molecule is COC(=O)NS(=O)(=O)NC(C)C1CCCNC1. The molecule has 1 saturated heterocycles. The van der Waals surface area contributed by atoms with Crippen LogP contribution in [0.25, 0.3) is 0 Å². The molecule has 0 aromatic heterocycles. The average Bonchev–Trinajstić information content (AvgIpc) is 2.28. The maximum atomic E-state index is 11.5. The molecule has 1 heterocycles. The van der Waals surface area contributed by atoms with Gasteiger partial charge in [0.25, 0.3) is 0 Å². The summed E-state index contributed by atoms with van der Waals surface area (Å²) >= 11 is 0. The normalized spacial score (nSPS) is 22.8. The quantitative estimate of drug-likeness (QED) is 0.640. The Morgan fingerprint density at radius 3 is 2.76 bits per heavy atom. The molecule has 0 spiro atoms. The lowest BCUT2D eigenvalue weighted by Gasteiger charge is -2.28. The van der Waals surface area contributed by atoms with Crippen LogP contribution in [-0.4, -0.2) is 40.8 Å². The molecule has 0 radical (unpaired) electrons. The van der Waals surface area contributed by atoms with Crippen LogP contribution in [0.5, 0.6) is 0 Å². The van der Waals surface area contributed by atoms with Crippen molar-refractivity contribution < 1.29 is 17.9 Å². The van der Waals surface area contributed by atoms with E-state index in [1.54, 1.807) is 11.6 Å². The summed E-state index contributed by atoms with van der Waals surface area (Å²) in [5.74, 6) is 0.234. The fraction of sp³-hybridized carbons (Fsp3) is 0.889. The zero-order valence-electron chi connectivity index (χ0n) is 10.0. The molecule has 1 aliphatic heterocycles. The van der Waals surface area contributed by atoms with E-state index in [0.29, 0.717) is 0 Å². The van der Waals surface area contributed by atoms with Gasteiger partial charge in [-0.15, -0.1) is 0 Å². The second kappa shape index (κ2) is 6.18. The fourth-order valence-corrected chi connectivity index (χ4v) is 2.87. The van der Waals surface area contributed by atoms with E-state index in [1.165, 1.54) is 0 Å². The molecule has 0 aromatic rings. The van der Waals surface area contributed by atoms with Gasteiger partial charge in [0.1, 0.15) is 0 Å². The Hall–Kier alpha value is -0.860. The van der Waals surface area contributed by atoms with Gasteiger partial charge in [0.05, 0.1) is 7.11 Å². The van der Waals surface area contributed by atoms with Crippen molar-refractivity contribution in [2.45, 2.75) is 25.8 Å². The number of carbonyl (C=O) groups is 1. The van der Waals surface area contributed by atoms with Crippen LogP contribution >= 0.6 is 0 Å². The van der Waals surface area contributed by atoms with Crippen LogP contribution in [0.3, 0.4) is 0 Å². The number of rotatable bonds is 4. The Bertz CT molecular complexity index is 351. The second-order valence-corrected chi connectivity index (χ2v) is 5.56. The lowest BCUT2D eigenvalue weighted by molar-refractivity contribution is 0.177. The summed E-state index contributed by atoms with van der Waals surface area (Å²) < 4.78 is 31.4. The first-order valence-electron chi connectivity index (χ1n) is 5.53. The Balaban J connectivity index is 2.48. The first kappa shape index (κ1) is 14.2. The van der Waals surface area contributed by atoms with Gasteiger partial charge in [-0.25, -0.2) is 9.52 Å². The van der Waals surface area contributed by atoms with Crippen molar-refractivity contribution >= 4 is 16.3 Å². The molecule has 3 N–H and O–H groups in total. The van der Waals surface area contributed by atoms with E-state index in [1.807, 2.05) is 0 Å². The van der Waals surface area contributed by atoms with Gasteiger partial charge < -0.3 is 10.1 Å². The van der Waals surface area contributed by atoms with Gasteiger partial charge in [0, 0.05) is 6.04 Å². The van der Waals surface area contributed by atoms with E-state index >= 15 is 0 Å². The lowest BCUT2D eigenvalue weighted by Crippen LogP contribution is -2.49. The summed E-state index contributed by atoms with van der Waals surface area (Å²) in [5, 5.41) is 3.21. The van der Waals surface area contributed by atoms with Gasteiger partial charge in [0.2, 0.25) is 0 Å². The van der Waals surface area contributed by atoms with Gasteiger partial charge >= 0.3 is 16.3 Å². The van der Waals surface area contributed by atoms with Gasteiger partial charge in [-0.1, -0.05) is 0 Å². The standard InChI is InChI=1S/C9H19N3O4S/c1-7(8-4-3-5-10-6-8)11-17(14,15)12-9(13)16-2/h7-8,10-11H,3-6H2,1-2H3,(H,12,13). The summed E-state index contributed by atoms with van der Waals surface area (Å²) in [5.41, 5.74) is 0. The predicted octanol–water partition coefficient (Wildman–Crippen LogP) is -0.435. The van der Waals surface area contributed by atoms with Crippen molar-refractivity contribution in [3.63, 3.8) is 0 Å². The number of nitrogens with one attached hydrogen (secondary N) is 3. The van der Waals surface area contributed by atoms with Crippen LogP contribution in [-0.2, 0) is 14.9 Å². The molecule has 1 rings (SSSR count). The van der Waals surface area contributed by atoms with E-state index in [4.69, 9.17) is 0 Å². The topological polar surface area (TPSA) is 96.5 Å². The summed E-state index contributed by atoms with van der Waals surface area (Å²) in [4.78, 5) is 10.8. The highest BCUT2D eigenvalue weighted by molar-refractivity contribution is 7.88. The van der Waals surface area contributed by atoms with E-state index in [-0.39, 0.29) is 12.0 Å². The zero-order chi connectivity index (χ0) is 12.9. The molecule has 1 fully saturated rings. The summed E-state index contributed by atoms with van der Waals surface area (Å²) in [6.45, 7) is 3.53. The van der Waals surface area contributed by atoms with E-state index in [2.05, 4.69) is 14.8 Å². The van der Waals surface area contributed by atoms with Gasteiger partial charge in [-0.05, 0) is 38.8 Å². The molecular weight excluding hydrogens is 246 g/mol. The van der Waals surface area contributed by atoms with Crippen LogP contribution in [0.4, 0.5) is 4.79 Å². The smallest absolute Gasteiger partial charge is 0.421 e. The molecular formula is C9H19N3O4S. The van der Waals surface area contributed by atoms with Crippen LogP contribution < -0.4 is 14.8 Å². The number of methoxy groups -OCH3 is 1. The van der Waals surface area contributed by atoms with E-state index in [9.17, 15) is 13.2 Å². The number of ether oxygens (including phenoxy) is 1. The van der Waals surface area contributed by atoms with Crippen molar-refractivity contribution in [1.82, 2.24) is 14.8 Å². The van der Waals surface area contributed by atoms with Crippen LogP contribution in [0.1, 0.15) is 19.8 Å². The molecule has 2 atom stereocenters. The maximum absolute atomic E-state index is 11.5. The van der Waals surface area contributed by atoms with E-state index < -0.39 is 16.3 Å². The van der Waals surface area contributed by atoms with Crippen molar-refractivity contribution in [3.05, 3.63) is 0 Å². The third-order valence-corrected chi connectivity index (χ3v) is 3.90. The van der Waals surface area contributed by atoms with Crippen molar-refractivity contribution in [1.29, 1.82) is 0 Å². The van der Waals surface area contributed by atoms with Gasteiger partial charge in [0.15, 0.2) is 0 Å². The van der Waals surface area contributed by atoms with Crippen LogP contribution in [0.2, 0.25) is 0 Å². The lowest BCUT2D eigenvalue weighted by atomic mass is 9.94. The number of hydrogen-bond donors (Lipinski definition) is 3. The largest absolute Gasteiger partial charge is 0.452 e. The molecule has 100 valence electrons. The monoisotopic (exact) mass is 265 g/mol. The third-order valence-electron chi connectivity index (χ3n) is 2.79. The number of carbonyl (C=O) groups excluding carboxylic acids is 1. The highest BCUT2D eigenvalue weighted by atomic mass is 32.2. The molecule has 1 aliphatic rings. The van der Waals surface area contributed by atoms with Gasteiger partial charge in [-0.3, -0.25) is 0 Å². The molecule has 0 saturated carbocycles. The Labute approximate surface area is 101 Å². The number of amides is 1. The zero-order valence-corrected chi connectivity index (χ0v) is 10.8. The third kappa shape index (κ3) is 4.88. The maximum Gasteiger partial charge on any atom is 0.421 e. The van der Waals surface area contributed by atoms with Crippen LogP contribution in [0, 0.1) is 5.92 Å². The fourth-order valence-electron chi connectivity index (χ4n) is 1.83. The molecule has 2 unspecified atom stereocenters. The van der Waals surface area contributed by atoms with Crippen molar-refractivity contribution in [3.8, 4) is 0 Å². The first-order chi connectivity index (χ1) is 7.94. The number of hydrogen-bond acceptors (Lipinski definition) is 5. The van der Waals surface area contributed by atoms with Crippen molar-refractivity contribution in [2.75, 3.05) is 20.2 Å². The second-order valence-electron chi connectivity index (χ2n) is 4.11. The summed E-state index contributed by atoms with van der Waals surface area (Å²) in [6.07, 6.45) is 1.00. The highest BCUT2D eigenvalue weighted by Gasteiger charge is 2.25. The molecule has 7 nitrogen and oxygen atoms in total. The molecule has 0 aromatic carbocycles. The minimum Gasteiger partial charge on any atom is -0.452 e. The van der Waals surface area contributed by atoms with Crippen LogP contribution in [0.15, 0.2) is 0 Å². The van der Waals surface area contributed by atoms with Gasteiger partial charge in [-0.2, -0.15) is 13.1 Å². The molecule has 8 heteroatoms. The van der Waals surface area contributed by atoms with Crippen molar-refractivity contribution in [2.24, 2.45) is 5.92 Å². The Kier molecular flexibility index (Phi) is 5.16. The summed E-state index contributed by atoms with van der Waals surface area (Å²) in [7, 11) is -2.73. The molecule has 0 bridgehead atoms. The Morgan fingerprint density at radius 2 is 2.24 bits per heavy atom. The summed E-state index contributed by atoms with van der Waals surface area (Å²) in [6, 6.07) is -0.232. The minimum atomic E-state index is -3.84. The number of piperidine rings is 1. The molecule has 1 amide bonds. The average molecular weight is 265 g/mol. The molecule has 17 heavy (non-hydrogen) atoms. The highest BCUT2D eigenvalue weighted by Crippen LogP contribution is 2.14. The predicted molar refractivity (Wildman–Crippen MR) is 62.7 cm³/mol. The minimum absolute atomic E-state index is 0.232. The molecule has 0 aliphatic carbocycles. The first-order valence-corrected chi connectivity index (χ1v) is 7.01.